The molecule has 1 amide bonds. The lowest BCUT2D eigenvalue weighted by molar-refractivity contribution is 0.0648. The van der Waals surface area contributed by atoms with Crippen LogP contribution in [0.4, 0.5) is 10.3 Å². The molecule has 0 bridgehead atoms. The van der Waals surface area contributed by atoms with Crippen LogP contribution in [0.5, 0.6) is 0 Å². The van der Waals surface area contributed by atoms with Crippen LogP contribution in [0.15, 0.2) is 24.3 Å². The van der Waals surface area contributed by atoms with E-state index < -0.39 is 0 Å². The highest BCUT2D eigenvalue weighted by Gasteiger charge is 2.27. The lowest BCUT2D eigenvalue weighted by Crippen LogP contribution is -2.42. The van der Waals surface area contributed by atoms with Crippen molar-refractivity contribution in [3.05, 3.63) is 46.3 Å². The maximum Gasteiger partial charge on any atom is 0.274 e. The number of carbonyl (C=O) groups excluding carboxylic acids is 1. The predicted octanol–water partition coefficient (Wildman–Crippen LogP) is 3.55. The smallest absolute Gasteiger partial charge is 0.274 e. The number of rotatable bonds is 4. The minimum absolute atomic E-state index is 0.0891. The SMILES string of the molecule is Cc1nc2nc(N[C@@H](C)c3cccc(F)c3)nc(C(=O)N3CCC3)c2s1. The molecule has 3 heterocycles. The van der Waals surface area contributed by atoms with Gasteiger partial charge in [0.1, 0.15) is 10.5 Å². The van der Waals surface area contributed by atoms with Crippen LogP contribution < -0.4 is 5.32 Å². The minimum Gasteiger partial charge on any atom is -0.348 e. The van der Waals surface area contributed by atoms with Gasteiger partial charge in [0.2, 0.25) is 5.95 Å². The molecule has 1 fully saturated rings. The normalized spacial score (nSPS) is 15.0. The van der Waals surface area contributed by atoms with E-state index in [0.717, 1.165) is 30.1 Å². The number of thiazole rings is 1. The molecule has 0 radical (unpaired) electrons. The fourth-order valence-corrected chi connectivity index (χ4v) is 3.70. The van der Waals surface area contributed by atoms with Crippen LogP contribution in [0.2, 0.25) is 0 Å². The number of nitrogens with zero attached hydrogens (tertiary/aromatic N) is 4. The van der Waals surface area contributed by atoms with Crippen LogP contribution in [0.1, 0.15) is 40.4 Å². The van der Waals surface area contributed by atoms with Gasteiger partial charge in [-0.25, -0.2) is 14.4 Å². The van der Waals surface area contributed by atoms with Gasteiger partial charge in [-0.05, 0) is 38.0 Å². The van der Waals surface area contributed by atoms with Crippen molar-refractivity contribution in [3.63, 3.8) is 0 Å². The molecule has 0 spiro atoms. The molecule has 1 N–H and O–H groups in total. The Morgan fingerprint density at radius 1 is 1.31 bits per heavy atom. The van der Waals surface area contributed by atoms with Crippen molar-refractivity contribution >= 4 is 33.5 Å². The lowest BCUT2D eigenvalue weighted by atomic mass is 10.1. The molecule has 6 nitrogen and oxygen atoms in total. The first-order valence-electron chi connectivity index (χ1n) is 8.48. The molecule has 1 atom stereocenters. The molecule has 1 aliphatic rings. The highest BCUT2D eigenvalue weighted by atomic mass is 32.1. The number of aryl methyl sites for hydroxylation is 1. The molecule has 8 heteroatoms. The van der Waals surface area contributed by atoms with Gasteiger partial charge < -0.3 is 10.2 Å². The Kier molecular flexibility index (Phi) is 4.28. The van der Waals surface area contributed by atoms with E-state index in [1.807, 2.05) is 19.9 Å². The van der Waals surface area contributed by atoms with E-state index in [9.17, 15) is 9.18 Å². The van der Waals surface area contributed by atoms with Crippen molar-refractivity contribution in [1.82, 2.24) is 19.9 Å². The number of benzene rings is 1. The quantitative estimate of drug-likeness (QED) is 0.759. The maximum atomic E-state index is 13.5. The van der Waals surface area contributed by atoms with Gasteiger partial charge in [-0.1, -0.05) is 12.1 Å². The van der Waals surface area contributed by atoms with Crippen molar-refractivity contribution < 1.29 is 9.18 Å². The molecule has 0 aliphatic carbocycles. The summed E-state index contributed by atoms with van der Waals surface area (Å²) in [7, 11) is 0. The third-order valence-corrected chi connectivity index (χ3v) is 5.37. The minimum atomic E-state index is -0.295. The highest BCUT2D eigenvalue weighted by Crippen LogP contribution is 2.27. The Morgan fingerprint density at radius 2 is 2.12 bits per heavy atom. The molecule has 1 aromatic carbocycles. The average molecular weight is 371 g/mol. The summed E-state index contributed by atoms with van der Waals surface area (Å²) in [5.41, 5.74) is 1.67. The summed E-state index contributed by atoms with van der Waals surface area (Å²) in [5, 5.41) is 4.00. The second kappa shape index (κ2) is 6.60. The molecule has 26 heavy (non-hydrogen) atoms. The standard InChI is InChI=1S/C18H18FN5OS/c1-10(12-5-3-6-13(19)9-12)20-18-22-14(17(25)24-7-4-8-24)15-16(23-18)21-11(2)26-15/h3,5-6,9-10H,4,7-8H2,1-2H3,(H,20,22,23)/t10-/m0/s1. The number of anilines is 1. The van der Waals surface area contributed by atoms with Gasteiger partial charge in [0.25, 0.3) is 5.91 Å². The summed E-state index contributed by atoms with van der Waals surface area (Å²) in [6.07, 6.45) is 1.02. The molecule has 2 aromatic heterocycles. The number of carbonyl (C=O) groups is 1. The van der Waals surface area contributed by atoms with Gasteiger partial charge in [0.15, 0.2) is 11.3 Å². The number of aromatic nitrogens is 3. The van der Waals surface area contributed by atoms with E-state index in [2.05, 4.69) is 20.3 Å². The molecule has 0 unspecified atom stereocenters. The third kappa shape index (κ3) is 3.12. The summed E-state index contributed by atoms with van der Waals surface area (Å²) in [4.78, 5) is 27.8. The van der Waals surface area contributed by atoms with Crippen LogP contribution >= 0.6 is 11.3 Å². The second-order valence-corrected chi connectivity index (χ2v) is 7.55. The lowest BCUT2D eigenvalue weighted by Gasteiger charge is -2.30. The van der Waals surface area contributed by atoms with Crippen molar-refractivity contribution in [1.29, 1.82) is 0 Å². The zero-order valence-electron chi connectivity index (χ0n) is 14.5. The van der Waals surface area contributed by atoms with Crippen molar-refractivity contribution in [2.75, 3.05) is 18.4 Å². The number of fused-ring (bicyclic) bond motifs is 1. The Bertz CT molecular complexity index is 985. The molecule has 134 valence electrons. The summed E-state index contributed by atoms with van der Waals surface area (Å²) >= 11 is 1.42. The average Bonchev–Trinajstić information content (AvgIpc) is 2.92. The Morgan fingerprint density at radius 3 is 2.81 bits per heavy atom. The number of likely N-dealkylation sites (tertiary alicyclic amines) is 1. The Balaban J connectivity index is 1.69. The first kappa shape index (κ1) is 16.8. The van der Waals surface area contributed by atoms with Crippen LogP contribution in [-0.2, 0) is 0 Å². The number of halogens is 1. The van der Waals surface area contributed by atoms with Gasteiger partial charge in [-0.2, -0.15) is 4.98 Å². The van der Waals surface area contributed by atoms with E-state index in [4.69, 9.17) is 0 Å². The van der Waals surface area contributed by atoms with Crippen molar-refractivity contribution in [3.8, 4) is 0 Å². The van der Waals surface area contributed by atoms with Gasteiger partial charge in [-0.15, -0.1) is 11.3 Å². The number of nitrogens with one attached hydrogen (secondary N) is 1. The zero-order valence-corrected chi connectivity index (χ0v) is 15.3. The number of hydrogen-bond acceptors (Lipinski definition) is 6. The third-order valence-electron chi connectivity index (χ3n) is 4.40. The molecule has 0 saturated carbocycles. The first-order chi connectivity index (χ1) is 12.5. The van der Waals surface area contributed by atoms with E-state index in [1.54, 1.807) is 11.0 Å². The maximum absolute atomic E-state index is 13.5. The van der Waals surface area contributed by atoms with Gasteiger partial charge in [-0.3, -0.25) is 4.79 Å². The van der Waals surface area contributed by atoms with Crippen LogP contribution in [0, 0.1) is 12.7 Å². The number of hydrogen-bond donors (Lipinski definition) is 1. The molecule has 1 saturated heterocycles. The topological polar surface area (TPSA) is 71.0 Å². The Labute approximate surface area is 154 Å². The molecule has 1 aliphatic heterocycles. The van der Waals surface area contributed by atoms with Crippen molar-refractivity contribution in [2.24, 2.45) is 0 Å². The molecular weight excluding hydrogens is 353 g/mol. The van der Waals surface area contributed by atoms with Gasteiger partial charge in [0, 0.05) is 13.1 Å². The summed E-state index contributed by atoms with van der Waals surface area (Å²) in [6.45, 7) is 5.29. The summed E-state index contributed by atoms with van der Waals surface area (Å²) in [5.74, 6) is -0.0616. The van der Waals surface area contributed by atoms with Gasteiger partial charge in [0.05, 0.1) is 11.0 Å². The molecule has 3 aromatic rings. The molecule has 4 rings (SSSR count). The highest BCUT2D eigenvalue weighted by molar-refractivity contribution is 7.18. The van der Waals surface area contributed by atoms with E-state index in [1.165, 1.54) is 23.5 Å². The zero-order chi connectivity index (χ0) is 18.3. The number of amides is 1. The monoisotopic (exact) mass is 371 g/mol. The summed E-state index contributed by atoms with van der Waals surface area (Å²) in [6, 6.07) is 6.15. The molecular formula is C18H18FN5OS. The largest absolute Gasteiger partial charge is 0.348 e. The van der Waals surface area contributed by atoms with Crippen LogP contribution in [0.3, 0.4) is 0 Å². The van der Waals surface area contributed by atoms with E-state index >= 15 is 0 Å². The van der Waals surface area contributed by atoms with Gasteiger partial charge >= 0.3 is 0 Å². The fourth-order valence-electron chi connectivity index (χ4n) is 2.86. The summed E-state index contributed by atoms with van der Waals surface area (Å²) < 4.78 is 14.2. The first-order valence-corrected chi connectivity index (χ1v) is 9.29. The van der Waals surface area contributed by atoms with E-state index in [0.29, 0.717) is 22.0 Å². The second-order valence-electron chi connectivity index (χ2n) is 6.35. The van der Waals surface area contributed by atoms with E-state index in [-0.39, 0.29) is 17.8 Å². The predicted molar refractivity (Wildman–Crippen MR) is 98.9 cm³/mol. The fraction of sp³-hybridized carbons (Fsp3) is 0.333. The van der Waals surface area contributed by atoms with Crippen LogP contribution in [-0.4, -0.2) is 38.8 Å². The van der Waals surface area contributed by atoms with Crippen LogP contribution in [0.25, 0.3) is 10.3 Å². The van der Waals surface area contributed by atoms with Crippen molar-refractivity contribution in [2.45, 2.75) is 26.3 Å². The Hall–Kier alpha value is -2.61.